The van der Waals surface area contributed by atoms with E-state index in [4.69, 9.17) is 52.1 Å². The summed E-state index contributed by atoms with van der Waals surface area (Å²) in [6.45, 7) is -2.85. The van der Waals surface area contributed by atoms with Crippen molar-refractivity contribution in [3.63, 3.8) is 0 Å². The first-order valence-corrected chi connectivity index (χ1v) is 31.2. The molecule has 8 aromatic rings. The number of esters is 8. The van der Waals surface area contributed by atoms with Crippen molar-refractivity contribution in [1.29, 1.82) is 0 Å². The summed E-state index contributed by atoms with van der Waals surface area (Å²) in [5, 5.41) is 274. The molecule has 0 saturated carbocycles. The zero-order valence-electron chi connectivity index (χ0n) is 54.8. The highest BCUT2D eigenvalue weighted by molar-refractivity contribution is 6.12. The molecule has 0 aliphatic carbocycles. The number of benzene rings is 8. The second-order valence-corrected chi connectivity index (χ2v) is 24.6. The normalized spacial score (nSPS) is 21.3. The number of phenols is 23. The van der Waals surface area contributed by atoms with Crippen molar-refractivity contribution in [2.75, 3.05) is 13.2 Å². The maximum absolute atomic E-state index is 15.1. The number of rotatable bonds is 6. The third kappa shape index (κ3) is 12.0. The number of aliphatic hydroxyl groups excluding tert-OH is 2. The molecule has 2 fully saturated rings. The van der Waals surface area contributed by atoms with Crippen molar-refractivity contribution >= 4 is 47.8 Å². The molecule has 0 spiro atoms. The van der Waals surface area contributed by atoms with E-state index in [0.717, 1.165) is 0 Å². The van der Waals surface area contributed by atoms with E-state index in [1.165, 1.54) is 0 Å². The van der Waals surface area contributed by atoms with Crippen LogP contribution in [0.5, 0.6) is 144 Å². The van der Waals surface area contributed by atoms with Gasteiger partial charge < -0.3 is 180 Å². The van der Waals surface area contributed by atoms with E-state index in [-0.39, 0.29) is 18.2 Å². The van der Waals surface area contributed by atoms with Crippen LogP contribution in [-0.2, 0) is 47.4 Å². The van der Waals surface area contributed by atoms with Gasteiger partial charge in [0.15, 0.2) is 116 Å². The molecular formula is C68H48O44. The van der Waals surface area contributed by atoms with Crippen LogP contribution in [0.25, 0.3) is 33.4 Å². The molecule has 0 amide bonds. The first-order valence-electron chi connectivity index (χ1n) is 31.2. The maximum atomic E-state index is 15.1. The standard InChI is InChI=1S/C68H48O44/c69-20-1-12(2-21(70)37(20)77)59(94)111-68-58-57(109-64(99)16-6-25(74)40(80)47(87)33(16)34-17(65(100)110-58)7-26(75)41(81)48(34)88)56-30(106-68)11-103-61(96)18-9-28(44(84)50(90)36(18)35-15(63(98)108-56)5-24(73)42(82)49(35)89)104-54-19(8-27(76)43(83)51(54)91)66(101)112-67-53(93)52(92)55-29(105-67)10-102-60(95)13-3-22(71)38(78)45(85)31(13)32-14(62(97)107-55)4-23(72)39(79)46(32)86/h1-9,29-30,52-53,55-58,67-93H,10-11H2/t29-,30-,52-,53-,55-,56-,57+,58-,67+,68+/m1/s1. The Morgan fingerprint density at radius 2 is 0.616 bits per heavy atom. The van der Waals surface area contributed by atoms with E-state index < -0.39 is 344 Å². The minimum absolute atomic E-state index is 0.215. The molecule has 5 heterocycles. The van der Waals surface area contributed by atoms with E-state index >= 15 is 9.59 Å². The lowest BCUT2D eigenvalue weighted by molar-refractivity contribution is -0.284. The predicted octanol–water partition coefficient (Wildman–Crippen LogP) is 1.75. The van der Waals surface area contributed by atoms with Crippen molar-refractivity contribution in [1.82, 2.24) is 0 Å². The Morgan fingerprint density at radius 3 is 1.04 bits per heavy atom. The summed E-state index contributed by atoms with van der Waals surface area (Å²) in [4.78, 5) is 116. The average molecular weight is 1570 g/mol. The van der Waals surface area contributed by atoms with Crippen LogP contribution in [0.15, 0.2) is 54.6 Å². The number of cyclic esters (lactones) is 2. The Kier molecular flexibility index (Phi) is 18.1. The van der Waals surface area contributed by atoms with Crippen LogP contribution in [0, 0.1) is 0 Å². The van der Waals surface area contributed by atoms with Gasteiger partial charge in [0.25, 0.3) is 0 Å². The van der Waals surface area contributed by atoms with Crippen LogP contribution >= 0.6 is 0 Å². The number of hydrogen-bond donors (Lipinski definition) is 25. The van der Waals surface area contributed by atoms with E-state index in [9.17, 15) is 156 Å². The predicted molar refractivity (Wildman–Crippen MR) is 344 cm³/mol. The highest BCUT2D eigenvalue weighted by Crippen LogP contribution is 2.59. The second kappa shape index (κ2) is 27.1. The van der Waals surface area contributed by atoms with Crippen molar-refractivity contribution in [3.8, 4) is 177 Å². The third-order valence-corrected chi connectivity index (χ3v) is 17.9. The number of aromatic hydroxyl groups is 23. The van der Waals surface area contributed by atoms with Crippen LogP contribution in [0.4, 0.5) is 0 Å². The van der Waals surface area contributed by atoms with Gasteiger partial charge >= 0.3 is 47.8 Å². The number of carbonyl (C=O) groups excluding carboxylic acids is 8. The van der Waals surface area contributed by atoms with Gasteiger partial charge in [-0.05, 0) is 42.5 Å². The van der Waals surface area contributed by atoms with Crippen LogP contribution in [-0.4, -0.2) is 250 Å². The molecule has 0 aromatic heterocycles. The zero-order chi connectivity index (χ0) is 81.5. The zero-order valence-corrected chi connectivity index (χ0v) is 54.8. The molecule has 0 radical (unpaired) electrons. The Balaban J connectivity index is 0.883. The van der Waals surface area contributed by atoms with E-state index in [2.05, 4.69) is 0 Å². The highest BCUT2D eigenvalue weighted by atomic mass is 16.8. The quantitative estimate of drug-likeness (QED) is 0.0640. The van der Waals surface area contributed by atoms with Gasteiger partial charge in [-0.3, -0.25) is 0 Å². The van der Waals surface area contributed by atoms with Gasteiger partial charge in [0.1, 0.15) is 43.2 Å². The molecule has 5 aliphatic heterocycles. The number of carbonyl (C=O) groups is 8. The van der Waals surface area contributed by atoms with E-state index in [1.54, 1.807) is 0 Å². The lowest BCUT2D eigenvalue weighted by Crippen LogP contribution is -2.63. The van der Waals surface area contributed by atoms with Gasteiger partial charge in [0.05, 0.1) is 38.9 Å². The molecule has 112 heavy (non-hydrogen) atoms. The number of phenolic OH excluding ortho intramolecular Hbond substituents is 23. The summed E-state index contributed by atoms with van der Waals surface area (Å²) >= 11 is 0. The summed E-state index contributed by atoms with van der Waals surface area (Å²) < 4.78 is 61.4. The summed E-state index contributed by atoms with van der Waals surface area (Å²) in [5.74, 6) is -52.1. The monoisotopic (exact) mass is 1570 g/mol. The number of ether oxygens (including phenoxy) is 11. The van der Waals surface area contributed by atoms with Crippen LogP contribution in [0.1, 0.15) is 82.9 Å². The molecule has 584 valence electrons. The first kappa shape index (κ1) is 74.8. The van der Waals surface area contributed by atoms with Crippen LogP contribution in [0.2, 0.25) is 0 Å². The number of fused-ring (bicyclic) bond motifs is 13. The van der Waals surface area contributed by atoms with Crippen molar-refractivity contribution in [3.05, 3.63) is 99.1 Å². The van der Waals surface area contributed by atoms with E-state index in [0.29, 0.717) is 36.4 Å². The SMILES string of the molecule is O=C(O[C@@H]1O[C@@H]2COC(=O)c3cc(Oc4c(C(=O)O[C@@H]5O[C@@H]6COC(=O)c7cc(O)c(O)c(O)c7-c7c(cc(O)c(O)c7O)C(=O)O[C@H]6[C@H](O)[C@H]5O)cc(O)c(O)c4O)c(O)c(O)c3-c3c(cc(O)c(O)c3O)C(=O)O[C@H]2[C@@H]2OC(=O)c3cc(O)c(O)c(O)c3-c3c(cc(O)c(O)c3O)C(=O)O[C@@H]12)c1cc(O)c(O)c(O)c1. The Bertz CT molecular complexity index is 5480. The molecule has 0 bridgehead atoms. The van der Waals surface area contributed by atoms with Crippen LogP contribution < -0.4 is 4.74 Å². The summed E-state index contributed by atoms with van der Waals surface area (Å²) in [5.41, 5.74) is -16.9. The first-order chi connectivity index (χ1) is 52.7. The molecule has 44 heteroatoms. The lowest BCUT2D eigenvalue weighted by Gasteiger charge is -2.44. The molecular weight excluding hydrogens is 1520 g/mol. The Labute approximate surface area is 614 Å². The summed E-state index contributed by atoms with van der Waals surface area (Å²) in [6, 6.07) is 3.11. The van der Waals surface area contributed by atoms with Crippen LogP contribution in [0.3, 0.4) is 0 Å². The topological polar surface area (TPSA) is 744 Å². The minimum atomic E-state index is -2.77. The molecule has 8 aromatic carbocycles. The molecule has 2 saturated heterocycles. The molecule has 0 unspecified atom stereocenters. The van der Waals surface area contributed by atoms with Crippen molar-refractivity contribution in [2.24, 2.45) is 0 Å². The van der Waals surface area contributed by atoms with Crippen molar-refractivity contribution in [2.45, 2.75) is 61.4 Å². The van der Waals surface area contributed by atoms with Gasteiger partial charge in [0.2, 0.25) is 64.7 Å². The summed E-state index contributed by atoms with van der Waals surface area (Å²) in [6.07, 6.45) is -25.8. The minimum Gasteiger partial charge on any atom is -0.504 e. The Hall–Kier alpha value is -15.4. The van der Waals surface area contributed by atoms with Crippen molar-refractivity contribution < 1.29 is 218 Å². The largest absolute Gasteiger partial charge is 0.504 e. The van der Waals surface area contributed by atoms with Gasteiger partial charge in [-0.15, -0.1) is 0 Å². The average Bonchev–Trinajstić information content (AvgIpc) is 0.885. The van der Waals surface area contributed by atoms with E-state index in [1.807, 2.05) is 0 Å². The third-order valence-electron chi connectivity index (χ3n) is 17.9. The van der Waals surface area contributed by atoms with Gasteiger partial charge in [0, 0.05) is 45.5 Å². The fourth-order valence-corrected chi connectivity index (χ4v) is 12.5. The molecule has 44 nitrogen and oxygen atoms in total. The Morgan fingerprint density at radius 1 is 0.304 bits per heavy atom. The van der Waals surface area contributed by atoms with Gasteiger partial charge in [-0.25, -0.2) is 38.4 Å². The molecule has 25 N–H and O–H groups in total. The maximum Gasteiger partial charge on any atom is 0.344 e. The number of aliphatic hydroxyl groups is 2. The second-order valence-electron chi connectivity index (χ2n) is 24.6. The molecule has 10 atom stereocenters. The molecule has 13 rings (SSSR count). The summed E-state index contributed by atoms with van der Waals surface area (Å²) in [7, 11) is 0. The van der Waals surface area contributed by atoms with Gasteiger partial charge in [-0.1, -0.05) is 0 Å². The fraction of sp³-hybridized carbons (Fsp3) is 0.176. The fourth-order valence-electron chi connectivity index (χ4n) is 12.5. The molecule has 5 aliphatic rings. The highest BCUT2D eigenvalue weighted by Gasteiger charge is 2.57. The van der Waals surface area contributed by atoms with Gasteiger partial charge in [-0.2, -0.15) is 0 Å². The number of hydrogen-bond acceptors (Lipinski definition) is 44. The smallest absolute Gasteiger partial charge is 0.344 e. The lowest BCUT2D eigenvalue weighted by atomic mass is 9.91.